The van der Waals surface area contributed by atoms with Gasteiger partial charge in [0.2, 0.25) is 5.91 Å². The second-order valence-corrected chi connectivity index (χ2v) is 10.3. The number of carbonyl (C=O) groups is 1. The van der Waals surface area contributed by atoms with Gasteiger partial charge in [-0.05, 0) is 52.6 Å². The summed E-state index contributed by atoms with van der Waals surface area (Å²) in [7, 11) is 0. The molecule has 0 saturated heterocycles. The van der Waals surface area contributed by atoms with Gasteiger partial charge in [0, 0.05) is 44.0 Å². The van der Waals surface area contributed by atoms with Crippen LogP contribution >= 0.6 is 0 Å². The molecule has 0 saturated carbocycles. The summed E-state index contributed by atoms with van der Waals surface area (Å²) in [6, 6.07) is 8.79. The number of aliphatic hydroxyl groups excluding tert-OH is 1. The minimum atomic E-state index is -0.985. The van der Waals surface area contributed by atoms with Crippen LogP contribution in [0, 0.1) is 17.0 Å². The fourth-order valence-electron chi connectivity index (χ4n) is 4.26. The summed E-state index contributed by atoms with van der Waals surface area (Å²) in [6.07, 6.45) is 5.01. The molecule has 3 aromatic rings. The van der Waals surface area contributed by atoms with Gasteiger partial charge in [-0.1, -0.05) is 39.0 Å². The average molecular weight is 497 g/mol. The third-order valence-corrected chi connectivity index (χ3v) is 5.68. The number of aromatic nitrogens is 2. The van der Waals surface area contributed by atoms with E-state index in [0.29, 0.717) is 12.1 Å². The smallest absolute Gasteiger partial charge is 0.217 e. The van der Waals surface area contributed by atoms with Crippen molar-refractivity contribution >= 4 is 5.91 Å². The monoisotopic (exact) mass is 496 g/mol. The molecule has 6 nitrogen and oxygen atoms in total. The van der Waals surface area contributed by atoms with Crippen molar-refractivity contribution in [3.63, 3.8) is 0 Å². The lowest BCUT2D eigenvalue weighted by Gasteiger charge is -2.25. The largest absolute Gasteiger partial charge is 0.390 e. The highest BCUT2D eigenvalue weighted by molar-refractivity contribution is 5.73. The van der Waals surface area contributed by atoms with Gasteiger partial charge in [0.1, 0.15) is 18.0 Å². The molecule has 2 aromatic carbocycles. The first-order chi connectivity index (χ1) is 17.0. The molecule has 0 aliphatic rings. The molecule has 8 heteroatoms. The SMILES string of the molecule is CC(=O)NC(Cc1cc(F)cc(F)c1)C(O)CNCc1cc(CC(C)(C)C)ccc1-c1cncnc1. The standard InChI is InChI=1S/C28H34F2N4O2/c1-18(35)34-26(10-20-8-23(29)11-24(30)9-20)27(36)16-31-13-21-7-19(12-28(2,3)4)5-6-25(21)22-14-32-17-33-15-22/h5-9,11,14-15,17,26-27,31,36H,10,12-13,16H2,1-4H3,(H,34,35). The van der Waals surface area contributed by atoms with Crippen molar-refractivity contribution in [2.75, 3.05) is 6.54 Å². The summed E-state index contributed by atoms with van der Waals surface area (Å²) in [5.74, 6) is -1.74. The van der Waals surface area contributed by atoms with Crippen LogP contribution in [0.2, 0.25) is 0 Å². The zero-order chi connectivity index (χ0) is 26.3. The van der Waals surface area contributed by atoms with Crippen LogP contribution in [0.15, 0.2) is 55.1 Å². The van der Waals surface area contributed by atoms with Crippen molar-refractivity contribution in [1.29, 1.82) is 0 Å². The van der Waals surface area contributed by atoms with Crippen LogP contribution in [0.1, 0.15) is 44.4 Å². The average Bonchev–Trinajstić information content (AvgIpc) is 2.77. The Morgan fingerprint density at radius 1 is 1.03 bits per heavy atom. The maximum Gasteiger partial charge on any atom is 0.217 e. The van der Waals surface area contributed by atoms with Crippen molar-refractivity contribution in [3.05, 3.63) is 83.4 Å². The Labute approximate surface area is 211 Å². The van der Waals surface area contributed by atoms with E-state index in [1.54, 1.807) is 12.4 Å². The Bertz CT molecular complexity index is 1150. The molecule has 0 fully saturated rings. The molecule has 0 aliphatic carbocycles. The molecule has 192 valence electrons. The van der Waals surface area contributed by atoms with E-state index in [0.717, 1.165) is 29.2 Å². The topological polar surface area (TPSA) is 87.1 Å². The Morgan fingerprint density at radius 3 is 2.31 bits per heavy atom. The molecule has 0 aliphatic heterocycles. The van der Waals surface area contributed by atoms with Crippen molar-refractivity contribution < 1.29 is 18.7 Å². The van der Waals surface area contributed by atoms with Crippen LogP contribution in [0.3, 0.4) is 0 Å². The van der Waals surface area contributed by atoms with E-state index in [-0.39, 0.29) is 24.3 Å². The van der Waals surface area contributed by atoms with Gasteiger partial charge in [-0.25, -0.2) is 18.7 Å². The number of nitrogens with one attached hydrogen (secondary N) is 2. The van der Waals surface area contributed by atoms with Gasteiger partial charge in [0.15, 0.2) is 0 Å². The van der Waals surface area contributed by atoms with Crippen molar-refractivity contribution in [2.45, 2.75) is 59.2 Å². The van der Waals surface area contributed by atoms with Gasteiger partial charge < -0.3 is 15.7 Å². The van der Waals surface area contributed by atoms with Gasteiger partial charge in [-0.3, -0.25) is 4.79 Å². The second-order valence-electron chi connectivity index (χ2n) is 10.3. The van der Waals surface area contributed by atoms with E-state index in [2.05, 4.69) is 59.6 Å². The minimum absolute atomic E-state index is 0.0881. The molecule has 2 unspecified atom stereocenters. The summed E-state index contributed by atoms with van der Waals surface area (Å²) in [6.45, 7) is 8.53. The molecule has 2 atom stereocenters. The molecule has 3 N–H and O–H groups in total. The molecule has 1 amide bonds. The lowest BCUT2D eigenvalue weighted by molar-refractivity contribution is -0.120. The van der Waals surface area contributed by atoms with Crippen LogP contribution in [0.5, 0.6) is 0 Å². The maximum atomic E-state index is 13.6. The first kappa shape index (κ1) is 27.4. The van der Waals surface area contributed by atoms with E-state index in [1.165, 1.54) is 30.9 Å². The van der Waals surface area contributed by atoms with Gasteiger partial charge >= 0.3 is 0 Å². The van der Waals surface area contributed by atoms with Crippen LogP contribution in [-0.2, 0) is 24.2 Å². The predicted molar refractivity (Wildman–Crippen MR) is 136 cm³/mol. The third kappa shape index (κ3) is 8.46. The molecule has 0 bridgehead atoms. The van der Waals surface area contributed by atoms with Crippen molar-refractivity contribution in [1.82, 2.24) is 20.6 Å². The number of aliphatic hydroxyl groups is 1. The lowest BCUT2D eigenvalue weighted by atomic mass is 9.86. The second kappa shape index (κ2) is 12.1. The quantitative estimate of drug-likeness (QED) is 0.392. The number of hydrogen-bond donors (Lipinski definition) is 3. The number of nitrogens with zero attached hydrogens (tertiary/aromatic N) is 2. The zero-order valence-electron chi connectivity index (χ0n) is 21.2. The Morgan fingerprint density at radius 2 is 1.69 bits per heavy atom. The first-order valence-corrected chi connectivity index (χ1v) is 12.0. The number of benzene rings is 2. The zero-order valence-corrected chi connectivity index (χ0v) is 21.2. The summed E-state index contributed by atoms with van der Waals surface area (Å²) in [5.41, 5.74) is 4.59. The molecule has 1 aromatic heterocycles. The Hall–Kier alpha value is -3.23. The third-order valence-electron chi connectivity index (χ3n) is 5.68. The van der Waals surface area contributed by atoms with Gasteiger partial charge in [-0.2, -0.15) is 0 Å². The molecular formula is C28H34F2N4O2. The van der Waals surface area contributed by atoms with Crippen LogP contribution < -0.4 is 10.6 Å². The molecule has 1 heterocycles. The normalized spacial score (nSPS) is 13.3. The van der Waals surface area contributed by atoms with Crippen LogP contribution in [-0.4, -0.2) is 39.7 Å². The number of rotatable bonds is 10. The first-order valence-electron chi connectivity index (χ1n) is 12.0. The summed E-state index contributed by atoms with van der Waals surface area (Å²) < 4.78 is 27.3. The van der Waals surface area contributed by atoms with Crippen molar-refractivity contribution in [3.8, 4) is 11.1 Å². The van der Waals surface area contributed by atoms with E-state index < -0.39 is 23.8 Å². The van der Waals surface area contributed by atoms with E-state index in [9.17, 15) is 18.7 Å². The highest BCUT2D eigenvalue weighted by Gasteiger charge is 2.21. The molecule has 3 rings (SSSR count). The number of amides is 1. The summed E-state index contributed by atoms with van der Waals surface area (Å²) in [5, 5.41) is 16.8. The van der Waals surface area contributed by atoms with E-state index in [4.69, 9.17) is 0 Å². The highest BCUT2D eigenvalue weighted by atomic mass is 19.1. The van der Waals surface area contributed by atoms with Crippen LogP contribution in [0.25, 0.3) is 11.1 Å². The molecular weight excluding hydrogens is 462 g/mol. The summed E-state index contributed by atoms with van der Waals surface area (Å²) in [4.78, 5) is 20.0. The Kier molecular flexibility index (Phi) is 9.23. The predicted octanol–water partition coefficient (Wildman–Crippen LogP) is 4.21. The van der Waals surface area contributed by atoms with E-state index >= 15 is 0 Å². The minimum Gasteiger partial charge on any atom is -0.390 e. The van der Waals surface area contributed by atoms with Crippen LogP contribution in [0.4, 0.5) is 8.78 Å². The molecule has 36 heavy (non-hydrogen) atoms. The highest BCUT2D eigenvalue weighted by Crippen LogP contribution is 2.27. The number of halogens is 2. The number of hydrogen-bond acceptors (Lipinski definition) is 5. The summed E-state index contributed by atoms with van der Waals surface area (Å²) >= 11 is 0. The molecule has 0 radical (unpaired) electrons. The maximum absolute atomic E-state index is 13.6. The molecule has 0 spiro atoms. The fraction of sp³-hybridized carbons (Fsp3) is 0.393. The van der Waals surface area contributed by atoms with Gasteiger partial charge in [0.25, 0.3) is 0 Å². The number of carbonyl (C=O) groups excluding carboxylic acids is 1. The van der Waals surface area contributed by atoms with Gasteiger partial charge in [-0.15, -0.1) is 0 Å². The fourth-order valence-corrected chi connectivity index (χ4v) is 4.26. The Balaban J connectivity index is 1.74. The van der Waals surface area contributed by atoms with Gasteiger partial charge in [0.05, 0.1) is 12.1 Å². The lowest BCUT2D eigenvalue weighted by Crippen LogP contribution is -2.48. The van der Waals surface area contributed by atoms with E-state index in [1.807, 2.05) is 0 Å². The van der Waals surface area contributed by atoms with Crippen molar-refractivity contribution in [2.24, 2.45) is 5.41 Å².